The van der Waals surface area contributed by atoms with Gasteiger partial charge >= 0.3 is 6.09 Å². The molecule has 0 bridgehead atoms. The number of nitrogens with zero attached hydrogens (tertiary/aromatic N) is 1. The Balaban J connectivity index is 1.12. The topological polar surface area (TPSA) is 67.9 Å². The fourth-order valence-corrected chi connectivity index (χ4v) is 5.09. The highest BCUT2D eigenvalue weighted by atomic mass is 19.1. The first-order chi connectivity index (χ1) is 15.6. The van der Waals surface area contributed by atoms with Gasteiger partial charge in [0.25, 0.3) is 5.91 Å². The standard InChI is InChI=1S/C26H37FN2O4/c1-25(2,3)33-24(31)29-12-10-26(11-13-29)16-18(17-26)5-4-14-32-20-8-9-21(22(27)15-20)23(30)28-19-6-7-19/h8-9,15,18-19H,4-7,10-14,16-17H2,1-3H3,(H,28,30). The van der Waals surface area contributed by atoms with Crippen LogP contribution in [-0.2, 0) is 4.74 Å². The van der Waals surface area contributed by atoms with Gasteiger partial charge in [0.05, 0.1) is 12.2 Å². The van der Waals surface area contributed by atoms with Crippen molar-refractivity contribution in [1.82, 2.24) is 10.2 Å². The van der Waals surface area contributed by atoms with Crippen molar-refractivity contribution in [2.75, 3.05) is 19.7 Å². The predicted octanol–water partition coefficient (Wildman–Crippen LogP) is 5.30. The summed E-state index contributed by atoms with van der Waals surface area (Å²) in [7, 11) is 0. The maximum atomic E-state index is 14.3. The summed E-state index contributed by atoms with van der Waals surface area (Å²) in [6.07, 6.45) is 8.32. The first-order valence-corrected chi connectivity index (χ1v) is 12.3. The van der Waals surface area contributed by atoms with Gasteiger partial charge in [0.2, 0.25) is 0 Å². The normalized spacial score (nSPS) is 20.3. The lowest BCUT2D eigenvalue weighted by molar-refractivity contribution is -0.0301. The van der Waals surface area contributed by atoms with Gasteiger partial charge in [0.15, 0.2) is 0 Å². The summed E-state index contributed by atoms with van der Waals surface area (Å²) in [5.74, 6) is 0.281. The zero-order chi connectivity index (χ0) is 23.6. The van der Waals surface area contributed by atoms with Gasteiger partial charge < -0.3 is 19.7 Å². The summed E-state index contributed by atoms with van der Waals surface area (Å²) >= 11 is 0. The summed E-state index contributed by atoms with van der Waals surface area (Å²) in [4.78, 5) is 26.1. The Labute approximate surface area is 196 Å². The van der Waals surface area contributed by atoms with Crippen molar-refractivity contribution in [2.45, 2.75) is 83.8 Å². The second-order valence-corrected chi connectivity index (χ2v) is 11.1. The molecule has 1 heterocycles. The fraction of sp³-hybridized carbons (Fsp3) is 0.692. The Kier molecular flexibility index (Phi) is 6.87. The number of likely N-dealkylation sites (tertiary alicyclic amines) is 1. The molecule has 6 nitrogen and oxygen atoms in total. The van der Waals surface area contributed by atoms with Crippen LogP contribution in [-0.4, -0.2) is 48.2 Å². The predicted molar refractivity (Wildman–Crippen MR) is 124 cm³/mol. The number of amides is 2. The highest BCUT2D eigenvalue weighted by molar-refractivity contribution is 5.95. The molecule has 1 saturated heterocycles. The van der Waals surface area contributed by atoms with E-state index in [4.69, 9.17) is 9.47 Å². The van der Waals surface area contributed by atoms with E-state index in [0.717, 1.165) is 51.6 Å². The van der Waals surface area contributed by atoms with Gasteiger partial charge in [0, 0.05) is 25.2 Å². The molecule has 0 radical (unpaired) electrons. The maximum absolute atomic E-state index is 14.3. The van der Waals surface area contributed by atoms with Gasteiger partial charge in [-0.05, 0) is 95.6 Å². The molecule has 2 aliphatic carbocycles. The molecule has 1 aliphatic heterocycles. The third kappa shape index (κ3) is 6.39. The molecule has 1 aromatic rings. The monoisotopic (exact) mass is 460 g/mol. The summed E-state index contributed by atoms with van der Waals surface area (Å²) in [6, 6.07) is 4.68. The Morgan fingerprint density at radius 1 is 1.18 bits per heavy atom. The Bertz CT molecular complexity index is 862. The maximum Gasteiger partial charge on any atom is 0.410 e. The lowest BCUT2D eigenvalue weighted by Gasteiger charge is -2.52. The van der Waals surface area contributed by atoms with Gasteiger partial charge in [0.1, 0.15) is 17.2 Å². The molecule has 3 fully saturated rings. The highest BCUT2D eigenvalue weighted by Gasteiger charge is 2.46. The first-order valence-electron chi connectivity index (χ1n) is 12.3. The molecule has 0 aromatic heterocycles. The highest BCUT2D eigenvalue weighted by Crippen LogP contribution is 2.54. The molecule has 7 heteroatoms. The van der Waals surface area contributed by atoms with Crippen LogP contribution in [0.5, 0.6) is 5.75 Å². The van der Waals surface area contributed by atoms with Crippen LogP contribution in [0, 0.1) is 17.2 Å². The summed E-state index contributed by atoms with van der Waals surface area (Å²) in [5, 5.41) is 2.80. The van der Waals surface area contributed by atoms with E-state index < -0.39 is 11.4 Å². The largest absolute Gasteiger partial charge is 0.493 e. The SMILES string of the molecule is CC(C)(C)OC(=O)N1CCC2(CC1)CC(CCCOc1ccc(C(=O)NC3CC3)c(F)c1)C2. The van der Waals surface area contributed by atoms with Gasteiger partial charge in [-0.3, -0.25) is 4.79 Å². The van der Waals surface area contributed by atoms with Gasteiger partial charge in [-0.1, -0.05) is 0 Å². The molecule has 0 atom stereocenters. The fourth-order valence-electron chi connectivity index (χ4n) is 5.09. The number of carbonyl (C=O) groups is 2. The van der Waals surface area contributed by atoms with Crippen LogP contribution in [0.25, 0.3) is 0 Å². The zero-order valence-electron chi connectivity index (χ0n) is 20.1. The van der Waals surface area contributed by atoms with E-state index in [2.05, 4.69) is 5.32 Å². The number of benzene rings is 1. The van der Waals surface area contributed by atoms with E-state index in [1.807, 2.05) is 25.7 Å². The quantitative estimate of drug-likeness (QED) is 0.561. The van der Waals surface area contributed by atoms with Crippen molar-refractivity contribution in [1.29, 1.82) is 0 Å². The number of halogens is 1. The molecule has 1 spiro atoms. The van der Waals surface area contributed by atoms with E-state index in [1.165, 1.54) is 25.0 Å². The lowest BCUT2D eigenvalue weighted by Crippen LogP contribution is -2.49. The van der Waals surface area contributed by atoms with Crippen LogP contribution < -0.4 is 10.1 Å². The minimum Gasteiger partial charge on any atom is -0.493 e. The smallest absolute Gasteiger partial charge is 0.410 e. The van der Waals surface area contributed by atoms with Crippen molar-refractivity contribution in [3.63, 3.8) is 0 Å². The van der Waals surface area contributed by atoms with E-state index in [1.54, 1.807) is 6.07 Å². The lowest BCUT2D eigenvalue weighted by atomic mass is 9.56. The van der Waals surface area contributed by atoms with Crippen LogP contribution in [0.1, 0.15) is 82.5 Å². The molecule has 182 valence electrons. The Morgan fingerprint density at radius 2 is 1.88 bits per heavy atom. The summed E-state index contributed by atoms with van der Waals surface area (Å²) in [6.45, 7) is 7.81. The van der Waals surface area contributed by atoms with Crippen LogP contribution in [0.4, 0.5) is 9.18 Å². The average molecular weight is 461 g/mol. The van der Waals surface area contributed by atoms with Crippen molar-refractivity contribution in [3.05, 3.63) is 29.6 Å². The van der Waals surface area contributed by atoms with Crippen molar-refractivity contribution in [2.24, 2.45) is 11.3 Å². The zero-order valence-corrected chi connectivity index (χ0v) is 20.1. The molecule has 3 aliphatic rings. The number of piperidine rings is 1. The minimum absolute atomic E-state index is 0.0757. The second kappa shape index (κ2) is 9.51. The molecule has 2 amide bonds. The van der Waals surface area contributed by atoms with E-state index in [0.29, 0.717) is 23.7 Å². The molecule has 1 N–H and O–H groups in total. The number of hydrogen-bond acceptors (Lipinski definition) is 4. The number of ether oxygens (including phenoxy) is 2. The minimum atomic E-state index is -0.538. The third-order valence-electron chi connectivity index (χ3n) is 7.04. The molecule has 1 aromatic carbocycles. The first kappa shape index (κ1) is 23.8. The van der Waals surface area contributed by atoms with Crippen LogP contribution in [0.3, 0.4) is 0 Å². The van der Waals surface area contributed by atoms with Crippen molar-refractivity contribution in [3.8, 4) is 5.75 Å². The van der Waals surface area contributed by atoms with Crippen molar-refractivity contribution < 1.29 is 23.5 Å². The molecule has 2 saturated carbocycles. The average Bonchev–Trinajstić information content (AvgIpc) is 3.53. The molecule has 0 unspecified atom stereocenters. The van der Waals surface area contributed by atoms with Crippen LogP contribution >= 0.6 is 0 Å². The van der Waals surface area contributed by atoms with E-state index in [9.17, 15) is 14.0 Å². The number of carbonyl (C=O) groups excluding carboxylic acids is 2. The van der Waals surface area contributed by atoms with Crippen LogP contribution in [0.15, 0.2) is 18.2 Å². The summed E-state index contributed by atoms with van der Waals surface area (Å²) in [5.41, 5.74) is 0.0185. The Hall–Kier alpha value is -2.31. The second-order valence-electron chi connectivity index (χ2n) is 11.1. The van der Waals surface area contributed by atoms with Gasteiger partial charge in [-0.25, -0.2) is 9.18 Å². The van der Waals surface area contributed by atoms with Crippen molar-refractivity contribution >= 4 is 12.0 Å². The van der Waals surface area contributed by atoms with Crippen LogP contribution in [0.2, 0.25) is 0 Å². The van der Waals surface area contributed by atoms with E-state index in [-0.39, 0.29) is 23.6 Å². The third-order valence-corrected chi connectivity index (χ3v) is 7.04. The molecule has 4 rings (SSSR count). The molecular formula is C26H37FN2O4. The van der Waals surface area contributed by atoms with Gasteiger partial charge in [-0.15, -0.1) is 0 Å². The Morgan fingerprint density at radius 3 is 2.48 bits per heavy atom. The molecular weight excluding hydrogens is 423 g/mol. The summed E-state index contributed by atoms with van der Waals surface area (Å²) < 4.78 is 25.5. The van der Waals surface area contributed by atoms with E-state index >= 15 is 0 Å². The number of rotatable bonds is 7. The number of nitrogens with one attached hydrogen (secondary N) is 1. The number of hydrogen-bond donors (Lipinski definition) is 1. The van der Waals surface area contributed by atoms with Gasteiger partial charge in [-0.2, -0.15) is 0 Å². The molecule has 33 heavy (non-hydrogen) atoms.